The number of thiazole rings is 1. The zero-order chi connectivity index (χ0) is 20.4. The van der Waals surface area contributed by atoms with Crippen LogP contribution in [-0.4, -0.2) is 37.7 Å². The van der Waals surface area contributed by atoms with Gasteiger partial charge in [0.15, 0.2) is 10.2 Å². The Morgan fingerprint density at radius 1 is 1.39 bits per heavy atom. The minimum absolute atomic E-state index is 0.182. The number of esters is 1. The van der Waals surface area contributed by atoms with E-state index >= 15 is 0 Å². The van der Waals surface area contributed by atoms with Gasteiger partial charge in [0.05, 0.1) is 23.2 Å². The summed E-state index contributed by atoms with van der Waals surface area (Å²) in [7, 11) is 0. The summed E-state index contributed by atoms with van der Waals surface area (Å²) in [6, 6.07) is 2.47. The largest absolute Gasteiger partial charge is 0.466 e. The van der Waals surface area contributed by atoms with Crippen LogP contribution in [0.4, 0.5) is 13.2 Å². The zero-order valence-electron chi connectivity index (χ0n) is 14.8. The van der Waals surface area contributed by atoms with Crippen molar-refractivity contribution in [1.29, 1.82) is 0 Å². The van der Waals surface area contributed by atoms with E-state index in [9.17, 15) is 22.8 Å². The fourth-order valence-electron chi connectivity index (χ4n) is 2.45. The lowest BCUT2D eigenvalue weighted by Crippen LogP contribution is -2.25. The SMILES string of the molecule is CCOC(=O)CCSc1nc2cc(-n3nc(C)n(C(F)F)c3=O)c(F)cc2s1. The van der Waals surface area contributed by atoms with Crippen molar-refractivity contribution in [3.8, 4) is 5.69 Å². The van der Waals surface area contributed by atoms with Crippen LogP contribution < -0.4 is 5.69 Å². The molecule has 150 valence electrons. The second kappa shape index (κ2) is 8.35. The maximum absolute atomic E-state index is 14.5. The van der Waals surface area contributed by atoms with Gasteiger partial charge in [-0.3, -0.25) is 4.79 Å². The molecule has 0 spiro atoms. The summed E-state index contributed by atoms with van der Waals surface area (Å²) >= 11 is 2.54. The van der Waals surface area contributed by atoms with Crippen LogP contribution in [0, 0.1) is 12.7 Å². The molecule has 0 saturated carbocycles. The van der Waals surface area contributed by atoms with Gasteiger partial charge in [-0.05, 0) is 26.0 Å². The first-order valence-corrected chi connectivity index (χ1v) is 9.97. The molecule has 0 unspecified atom stereocenters. The molecule has 2 aromatic heterocycles. The van der Waals surface area contributed by atoms with E-state index in [1.54, 1.807) is 6.92 Å². The Kier molecular flexibility index (Phi) is 6.08. The highest BCUT2D eigenvalue weighted by Crippen LogP contribution is 2.32. The molecule has 0 radical (unpaired) electrons. The van der Waals surface area contributed by atoms with Gasteiger partial charge in [-0.15, -0.1) is 16.4 Å². The highest BCUT2D eigenvalue weighted by atomic mass is 32.2. The van der Waals surface area contributed by atoms with Gasteiger partial charge >= 0.3 is 18.2 Å². The molecular formula is C16H15F3N4O3S2. The van der Waals surface area contributed by atoms with Crippen molar-refractivity contribution in [2.24, 2.45) is 0 Å². The number of rotatable bonds is 7. The minimum Gasteiger partial charge on any atom is -0.466 e. The lowest BCUT2D eigenvalue weighted by atomic mass is 10.3. The molecular weight excluding hydrogens is 417 g/mol. The van der Waals surface area contributed by atoms with Crippen LogP contribution in [0.2, 0.25) is 0 Å². The number of hydrogen-bond acceptors (Lipinski definition) is 7. The summed E-state index contributed by atoms with van der Waals surface area (Å²) in [5, 5.41) is 3.73. The summed E-state index contributed by atoms with van der Waals surface area (Å²) in [4.78, 5) is 27.8. The van der Waals surface area contributed by atoms with Crippen molar-refractivity contribution in [1.82, 2.24) is 19.3 Å². The van der Waals surface area contributed by atoms with Gasteiger partial charge in [0.25, 0.3) is 0 Å². The number of alkyl halides is 2. The van der Waals surface area contributed by atoms with E-state index in [0.717, 1.165) is 0 Å². The van der Waals surface area contributed by atoms with Crippen LogP contribution in [0.15, 0.2) is 21.3 Å². The quantitative estimate of drug-likeness (QED) is 0.420. The van der Waals surface area contributed by atoms with Crippen molar-refractivity contribution in [2.45, 2.75) is 31.2 Å². The second-order valence-corrected chi connectivity index (χ2v) is 7.92. The smallest absolute Gasteiger partial charge is 0.355 e. The Hall–Kier alpha value is -2.34. The van der Waals surface area contributed by atoms with Gasteiger partial charge in [-0.1, -0.05) is 11.8 Å². The molecule has 3 rings (SSSR count). The maximum atomic E-state index is 14.5. The standard InChI is InChI=1S/C16H15F3N4O3S2/c1-3-26-13(24)4-5-27-15-20-10-7-11(9(17)6-12(10)28-15)23-16(25)22(14(18)19)8(2)21-23/h6-7,14H,3-5H2,1-2H3. The molecule has 28 heavy (non-hydrogen) atoms. The predicted molar refractivity (Wildman–Crippen MR) is 98.9 cm³/mol. The zero-order valence-corrected chi connectivity index (χ0v) is 16.5. The fraction of sp³-hybridized carbons (Fsp3) is 0.375. The van der Waals surface area contributed by atoms with Crippen molar-refractivity contribution >= 4 is 39.3 Å². The number of aromatic nitrogens is 4. The van der Waals surface area contributed by atoms with Gasteiger partial charge in [0.2, 0.25) is 0 Å². The molecule has 0 aliphatic rings. The van der Waals surface area contributed by atoms with Crippen LogP contribution in [0.5, 0.6) is 0 Å². The van der Waals surface area contributed by atoms with E-state index < -0.39 is 18.1 Å². The number of benzene rings is 1. The van der Waals surface area contributed by atoms with Crippen molar-refractivity contribution in [2.75, 3.05) is 12.4 Å². The molecule has 2 heterocycles. The number of hydrogen-bond donors (Lipinski definition) is 0. The minimum atomic E-state index is -3.07. The van der Waals surface area contributed by atoms with Crippen LogP contribution in [-0.2, 0) is 9.53 Å². The highest BCUT2D eigenvalue weighted by molar-refractivity contribution is 8.01. The van der Waals surface area contributed by atoms with E-state index in [-0.39, 0.29) is 28.5 Å². The number of aryl methyl sites for hydroxylation is 1. The maximum Gasteiger partial charge on any atom is 0.355 e. The number of carbonyl (C=O) groups is 1. The summed E-state index contributed by atoms with van der Waals surface area (Å²) in [6.07, 6.45) is 0.216. The number of carbonyl (C=O) groups excluding carboxylic acids is 1. The van der Waals surface area contributed by atoms with Gasteiger partial charge < -0.3 is 4.74 Å². The lowest BCUT2D eigenvalue weighted by Gasteiger charge is -2.01. The first kappa shape index (κ1) is 20.4. The third kappa shape index (κ3) is 4.07. The molecule has 1 aromatic carbocycles. The normalized spacial score (nSPS) is 11.5. The number of ether oxygens (including phenoxy) is 1. The molecule has 0 atom stereocenters. The predicted octanol–water partition coefficient (Wildman–Crippen LogP) is 3.53. The van der Waals surface area contributed by atoms with E-state index in [1.807, 2.05) is 0 Å². The summed E-state index contributed by atoms with van der Waals surface area (Å²) in [5.41, 5.74) is -0.991. The fourth-order valence-corrected chi connectivity index (χ4v) is 4.52. The molecule has 0 fully saturated rings. The monoisotopic (exact) mass is 432 g/mol. The van der Waals surface area contributed by atoms with Crippen molar-refractivity contribution in [3.63, 3.8) is 0 Å². The molecule has 12 heteroatoms. The molecule has 0 saturated heterocycles. The van der Waals surface area contributed by atoms with Gasteiger partial charge in [0, 0.05) is 5.75 Å². The van der Waals surface area contributed by atoms with Gasteiger partial charge in [-0.2, -0.15) is 13.5 Å². The van der Waals surface area contributed by atoms with E-state index in [4.69, 9.17) is 4.74 Å². The summed E-state index contributed by atoms with van der Waals surface area (Å²) < 4.78 is 47.2. The van der Waals surface area contributed by atoms with Crippen LogP contribution in [0.25, 0.3) is 15.9 Å². The molecule has 0 amide bonds. The number of thioether (sulfide) groups is 1. The number of fused-ring (bicyclic) bond motifs is 1. The Morgan fingerprint density at radius 3 is 2.79 bits per heavy atom. The number of nitrogens with zero attached hydrogens (tertiary/aromatic N) is 4. The third-order valence-corrected chi connectivity index (χ3v) is 5.84. The van der Waals surface area contributed by atoms with Gasteiger partial charge in [0.1, 0.15) is 11.5 Å². The van der Waals surface area contributed by atoms with E-state index in [1.165, 1.54) is 42.2 Å². The van der Waals surface area contributed by atoms with Crippen LogP contribution in [0.3, 0.4) is 0 Å². The average molecular weight is 432 g/mol. The molecule has 0 bridgehead atoms. The third-order valence-electron chi connectivity index (χ3n) is 3.68. The molecule has 3 aromatic rings. The molecule has 0 aliphatic carbocycles. The van der Waals surface area contributed by atoms with E-state index in [0.29, 0.717) is 31.6 Å². The summed E-state index contributed by atoms with van der Waals surface area (Å²) in [6.45, 7) is 0.200. The second-order valence-electron chi connectivity index (χ2n) is 5.54. The first-order valence-electron chi connectivity index (χ1n) is 8.17. The Morgan fingerprint density at radius 2 is 2.14 bits per heavy atom. The van der Waals surface area contributed by atoms with E-state index in [2.05, 4.69) is 10.1 Å². The summed E-state index contributed by atoms with van der Waals surface area (Å²) in [5.74, 6) is -0.868. The lowest BCUT2D eigenvalue weighted by molar-refractivity contribution is -0.142. The highest BCUT2D eigenvalue weighted by Gasteiger charge is 2.21. The topological polar surface area (TPSA) is 79.0 Å². The Balaban J connectivity index is 1.88. The van der Waals surface area contributed by atoms with Crippen molar-refractivity contribution in [3.05, 3.63) is 34.3 Å². The average Bonchev–Trinajstić information content (AvgIpc) is 3.13. The Bertz CT molecular complexity index is 1080. The van der Waals surface area contributed by atoms with Gasteiger partial charge in [-0.25, -0.2) is 18.7 Å². The molecule has 0 aliphatic heterocycles. The van der Waals surface area contributed by atoms with Crippen molar-refractivity contribution < 1.29 is 22.7 Å². The molecule has 0 N–H and O–H groups in total. The Labute approximate surface area is 165 Å². The first-order chi connectivity index (χ1) is 13.3. The molecule has 7 nitrogen and oxygen atoms in total. The number of halogens is 3. The van der Waals surface area contributed by atoms with Crippen LogP contribution >= 0.6 is 23.1 Å². The van der Waals surface area contributed by atoms with Crippen LogP contribution in [0.1, 0.15) is 25.7 Å².